The van der Waals surface area contributed by atoms with E-state index in [2.05, 4.69) is 0 Å². The Balaban J connectivity index is 1.77. The van der Waals surface area contributed by atoms with E-state index in [9.17, 15) is 4.79 Å². The zero-order chi connectivity index (χ0) is 18.7. The first-order valence-corrected chi connectivity index (χ1v) is 8.10. The van der Waals surface area contributed by atoms with E-state index in [1.807, 2.05) is 6.92 Å². The van der Waals surface area contributed by atoms with Crippen molar-refractivity contribution in [1.82, 2.24) is 0 Å². The van der Waals surface area contributed by atoms with E-state index in [1.54, 1.807) is 67.8 Å². The third-order valence-corrected chi connectivity index (χ3v) is 4.09. The van der Waals surface area contributed by atoms with Crippen LogP contribution < -0.4 is 20.4 Å². The molecular weight excluding hydrogens is 322 g/mol. The number of rotatable bonds is 5. The molecule has 0 aliphatic rings. The highest BCUT2D eigenvalue weighted by molar-refractivity contribution is 6.37. The fourth-order valence-corrected chi connectivity index (χ4v) is 2.52. The van der Waals surface area contributed by atoms with Crippen molar-refractivity contribution < 1.29 is 14.3 Å². The van der Waals surface area contributed by atoms with Gasteiger partial charge in [0.05, 0.1) is 7.11 Å². The van der Waals surface area contributed by atoms with Crippen LogP contribution in [0.2, 0.25) is 0 Å². The molecule has 3 aromatic rings. The number of hydrogen-bond donors (Lipinski definition) is 0. The van der Waals surface area contributed by atoms with Crippen LogP contribution in [-0.2, 0) is 0 Å². The molecule has 0 spiro atoms. The van der Waals surface area contributed by atoms with Gasteiger partial charge in [-0.05, 0) is 61.5 Å². The molecular formula is C21H16B2O3. The summed E-state index contributed by atoms with van der Waals surface area (Å²) in [5, 5.41) is 0. The molecule has 0 aliphatic heterocycles. The van der Waals surface area contributed by atoms with Crippen LogP contribution >= 0.6 is 0 Å². The molecule has 0 aliphatic carbocycles. The van der Waals surface area contributed by atoms with Gasteiger partial charge < -0.3 is 9.47 Å². The van der Waals surface area contributed by atoms with Gasteiger partial charge in [-0.3, -0.25) is 4.79 Å². The van der Waals surface area contributed by atoms with Gasteiger partial charge in [0.1, 0.15) is 32.9 Å². The predicted molar refractivity (Wildman–Crippen MR) is 105 cm³/mol. The second-order valence-corrected chi connectivity index (χ2v) is 5.93. The topological polar surface area (TPSA) is 35.5 Å². The molecule has 3 nitrogen and oxygen atoms in total. The van der Waals surface area contributed by atoms with Gasteiger partial charge in [-0.15, -0.1) is 0 Å². The molecule has 0 fully saturated rings. The van der Waals surface area contributed by atoms with E-state index in [0.717, 1.165) is 5.56 Å². The maximum absolute atomic E-state index is 12.5. The summed E-state index contributed by atoms with van der Waals surface area (Å²) in [7, 11) is 13.5. The van der Waals surface area contributed by atoms with Gasteiger partial charge >= 0.3 is 0 Å². The van der Waals surface area contributed by atoms with Crippen molar-refractivity contribution in [3.63, 3.8) is 0 Å². The maximum atomic E-state index is 12.5. The van der Waals surface area contributed by atoms with Crippen molar-refractivity contribution in [2.45, 2.75) is 6.92 Å². The number of ether oxygens (including phenoxy) is 2. The quantitative estimate of drug-likeness (QED) is 0.530. The Hall–Kier alpha value is -2.94. The number of hydrogen-bond acceptors (Lipinski definition) is 3. The van der Waals surface area contributed by atoms with Crippen LogP contribution in [-0.4, -0.2) is 28.6 Å². The molecule has 0 N–H and O–H groups in total. The summed E-state index contributed by atoms with van der Waals surface area (Å²) in [6, 6.07) is 17.4. The maximum Gasteiger partial charge on any atom is 0.193 e. The molecule has 0 saturated heterocycles. The van der Waals surface area contributed by atoms with Crippen LogP contribution in [0.1, 0.15) is 21.5 Å². The zero-order valence-corrected chi connectivity index (χ0v) is 14.7. The number of benzene rings is 3. The number of aryl methyl sites for hydroxylation is 1. The normalized spacial score (nSPS) is 10.4. The van der Waals surface area contributed by atoms with Crippen LogP contribution in [0.15, 0.2) is 60.7 Å². The Kier molecular flexibility index (Phi) is 5.17. The smallest absolute Gasteiger partial charge is 0.193 e. The predicted octanol–water partition coefficient (Wildman–Crippen LogP) is 2.61. The second-order valence-electron chi connectivity index (χ2n) is 5.93. The third kappa shape index (κ3) is 3.83. The fourth-order valence-electron chi connectivity index (χ4n) is 2.52. The SMILES string of the molecule is [B]c1cc(Oc2ccc(C(=O)c3ccc(OC)cc3)cc2)c([B])cc1C. The lowest BCUT2D eigenvalue weighted by Gasteiger charge is -2.12. The fraction of sp³-hybridized carbons (Fsp3) is 0.0952. The largest absolute Gasteiger partial charge is 0.497 e. The van der Waals surface area contributed by atoms with Gasteiger partial charge in [0.25, 0.3) is 0 Å². The first-order chi connectivity index (χ1) is 12.5. The molecule has 0 saturated carbocycles. The van der Waals surface area contributed by atoms with E-state index in [4.69, 9.17) is 25.2 Å². The lowest BCUT2D eigenvalue weighted by atomic mass is 9.84. The lowest BCUT2D eigenvalue weighted by molar-refractivity contribution is 0.103. The minimum Gasteiger partial charge on any atom is -0.497 e. The number of ketones is 1. The summed E-state index contributed by atoms with van der Waals surface area (Å²) in [4.78, 5) is 12.5. The monoisotopic (exact) mass is 338 g/mol. The minimum absolute atomic E-state index is 0.0710. The Morgan fingerprint density at radius 2 is 1.35 bits per heavy atom. The highest BCUT2D eigenvalue weighted by Gasteiger charge is 2.10. The zero-order valence-electron chi connectivity index (χ0n) is 14.7. The number of methoxy groups -OCH3 is 1. The summed E-state index contributed by atoms with van der Waals surface area (Å²) >= 11 is 0. The van der Waals surface area contributed by atoms with E-state index in [0.29, 0.717) is 39.3 Å². The van der Waals surface area contributed by atoms with Crippen molar-refractivity contribution in [2.24, 2.45) is 0 Å². The van der Waals surface area contributed by atoms with E-state index >= 15 is 0 Å². The van der Waals surface area contributed by atoms with Crippen LogP contribution in [0.3, 0.4) is 0 Å². The second kappa shape index (κ2) is 7.52. The standard InChI is InChI=1S/C21H16B2O3/c1-13-11-19(23)20(12-18(13)22)26-17-9-5-15(6-10-17)21(24)14-3-7-16(25-2)8-4-14/h3-12H,1-2H3. The average Bonchev–Trinajstić information content (AvgIpc) is 2.66. The van der Waals surface area contributed by atoms with Crippen LogP contribution in [0, 0.1) is 6.92 Å². The summed E-state index contributed by atoms with van der Waals surface area (Å²) in [5.74, 6) is 1.70. The summed E-state index contributed by atoms with van der Waals surface area (Å²) in [5.41, 5.74) is 3.18. The van der Waals surface area contributed by atoms with Gasteiger partial charge in [0, 0.05) is 11.1 Å². The Labute approximate surface area is 155 Å². The third-order valence-electron chi connectivity index (χ3n) is 4.09. The summed E-state index contributed by atoms with van der Waals surface area (Å²) in [6.45, 7) is 1.88. The van der Waals surface area contributed by atoms with Gasteiger partial charge in [-0.2, -0.15) is 0 Å². The first kappa shape index (κ1) is 17.9. The van der Waals surface area contributed by atoms with Gasteiger partial charge in [-0.1, -0.05) is 22.6 Å². The van der Waals surface area contributed by atoms with Gasteiger partial charge in [-0.25, -0.2) is 0 Å². The van der Waals surface area contributed by atoms with Crippen LogP contribution in [0.5, 0.6) is 17.2 Å². The highest BCUT2D eigenvalue weighted by Crippen LogP contribution is 2.21. The van der Waals surface area contributed by atoms with Gasteiger partial charge in [0.2, 0.25) is 0 Å². The van der Waals surface area contributed by atoms with Crippen molar-refractivity contribution in [1.29, 1.82) is 0 Å². The number of carbonyl (C=O) groups is 1. The molecule has 3 aromatic carbocycles. The first-order valence-electron chi connectivity index (χ1n) is 8.10. The molecule has 0 atom stereocenters. The van der Waals surface area contributed by atoms with Crippen molar-refractivity contribution in [2.75, 3.05) is 7.11 Å². The molecule has 0 amide bonds. The molecule has 0 unspecified atom stereocenters. The van der Waals surface area contributed by atoms with Crippen LogP contribution in [0.4, 0.5) is 0 Å². The number of carbonyl (C=O) groups excluding carboxylic acids is 1. The molecule has 0 aromatic heterocycles. The van der Waals surface area contributed by atoms with Crippen molar-refractivity contribution >= 4 is 32.4 Å². The molecule has 3 rings (SSSR count). The Morgan fingerprint density at radius 3 is 1.88 bits per heavy atom. The summed E-state index contributed by atoms with van der Waals surface area (Å²) < 4.78 is 10.9. The molecule has 26 heavy (non-hydrogen) atoms. The van der Waals surface area contributed by atoms with E-state index < -0.39 is 0 Å². The molecule has 0 heterocycles. The molecule has 124 valence electrons. The lowest BCUT2D eigenvalue weighted by Crippen LogP contribution is -2.16. The highest BCUT2D eigenvalue weighted by atomic mass is 16.5. The molecule has 4 radical (unpaired) electrons. The summed E-state index contributed by atoms with van der Waals surface area (Å²) in [6.07, 6.45) is 0. The molecule has 0 bridgehead atoms. The van der Waals surface area contributed by atoms with Gasteiger partial charge in [0.15, 0.2) is 5.78 Å². The van der Waals surface area contributed by atoms with E-state index in [-0.39, 0.29) is 5.78 Å². The Morgan fingerprint density at radius 1 is 0.808 bits per heavy atom. The van der Waals surface area contributed by atoms with Crippen LogP contribution in [0.25, 0.3) is 0 Å². The minimum atomic E-state index is -0.0710. The Bertz CT molecular complexity index is 933. The van der Waals surface area contributed by atoms with E-state index in [1.165, 1.54) is 0 Å². The van der Waals surface area contributed by atoms with Crippen molar-refractivity contribution in [3.05, 3.63) is 77.4 Å². The molecule has 5 heteroatoms. The van der Waals surface area contributed by atoms with Crippen molar-refractivity contribution in [3.8, 4) is 17.2 Å². The average molecular weight is 338 g/mol.